The van der Waals surface area contributed by atoms with Gasteiger partial charge in [0.15, 0.2) is 11.8 Å². The third-order valence-electron chi connectivity index (χ3n) is 7.16. The number of nitrogens with zero attached hydrogens (tertiary/aromatic N) is 3. The first-order valence-electron chi connectivity index (χ1n) is 13.3. The van der Waals surface area contributed by atoms with Gasteiger partial charge in [0, 0.05) is 18.0 Å². The number of hydrogen-bond acceptors (Lipinski definition) is 11. The molecule has 0 radical (unpaired) electrons. The van der Waals surface area contributed by atoms with Gasteiger partial charge in [-0.05, 0) is 43.5 Å². The maximum Gasteiger partial charge on any atom is 0.395 e. The summed E-state index contributed by atoms with van der Waals surface area (Å²) in [6.45, 7) is 1.78. The standard InChI is InChI=1S/C28H31N4O8P/c1-2-37-25(34)19(16-18-8-4-3-5-9-18)31-41(36)40-21-11-7-6-10-20(21)38-17-22-24(33)28(13-14-28)26(39-22)32-15-12-23(29)30-27(32)35/h3-12,15,19,22,24,26,33H,2,13-14,16-17H2,1H3,(H2,29,30,35)/t19-,22+,24+,26+/m0/s1. The lowest BCUT2D eigenvalue weighted by atomic mass is 9.96. The fourth-order valence-electron chi connectivity index (χ4n) is 4.94. The van der Waals surface area contributed by atoms with Gasteiger partial charge in [0.25, 0.3) is 0 Å². The molecular formula is C28H31N4O8P. The minimum absolute atomic E-state index is 0.0652. The molecule has 5 atom stereocenters. The molecule has 2 aromatic carbocycles. The summed E-state index contributed by atoms with van der Waals surface area (Å²) in [6, 6.07) is 16.3. The molecule has 1 saturated heterocycles. The van der Waals surface area contributed by atoms with E-state index in [0.717, 1.165) is 5.56 Å². The molecule has 2 heterocycles. The van der Waals surface area contributed by atoms with Gasteiger partial charge in [-0.15, -0.1) is 0 Å². The average Bonchev–Trinajstić information content (AvgIpc) is 3.71. The quantitative estimate of drug-likeness (QED) is 0.253. The molecule has 1 unspecified atom stereocenters. The van der Waals surface area contributed by atoms with Crippen LogP contribution in [0.5, 0.6) is 11.5 Å². The summed E-state index contributed by atoms with van der Waals surface area (Å²) in [7, 11) is -2.67. The number of esters is 1. The van der Waals surface area contributed by atoms with Crippen molar-refractivity contribution in [2.24, 2.45) is 10.2 Å². The summed E-state index contributed by atoms with van der Waals surface area (Å²) >= 11 is 0. The molecule has 5 rings (SSSR count). The molecule has 12 nitrogen and oxygen atoms in total. The Morgan fingerprint density at radius 2 is 1.93 bits per heavy atom. The van der Waals surface area contributed by atoms with E-state index in [1.165, 1.54) is 16.8 Å². The molecule has 0 bridgehead atoms. The fourth-order valence-corrected chi connectivity index (χ4v) is 5.71. The van der Waals surface area contributed by atoms with Crippen molar-refractivity contribution in [3.05, 3.63) is 82.9 Å². The second-order valence-electron chi connectivity index (χ2n) is 9.91. The van der Waals surface area contributed by atoms with Crippen LogP contribution < -0.4 is 25.6 Å². The predicted molar refractivity (Wildman–Crippen MR) is 147 cm³/mol. The van der Waals surface area contributed by atoms with Crippen molar-refractivity contribution in [1.29, 1.82) is 0 Å². The van der Waals surface area contributed by atoms with Gasteiger partial charge in [-0.3, -0.25) is 9.09 Å². The van der Waals surface area contributed by atoms with E-state index in [2.05, 4.69) is 9.73 Å². The van der Waals surface area contributed by atoms with Gasteiger partial charge in [-0.25, -0.2) is 9.59 Å². The molecule has 2 fully saturated rings. The Morgan fingerprint density at radius 3 is 2.61 bits per heavy atom. The van der Waals surface area contributed by atoms with Crippen LogP contribution in [0.4, 0.5) is 5.82 Å². The van der Waals surface area contributed by atoms with Crippen LogP contribution in [0.2, 0.25) is 0 Å². The molecule has 1 aromatic heterocycles. The zero-order chi connectivity index (χ0) is 29.0. The summed E-state index contributed by atoms with van der Waals surface area (Å²) in [4.78, 5) is 41.6. The number of ether oxygens (including phenoxy) is 3. The number of benzene rings is 2. The monoisotopic (exact) mass is 582 g/mol. The highest BCUT2D eigenvalue weighted by Crippen LogP contribution is 2.62. The number of aliphatic hydroxyl groups excluding tert-OH is 1. The largest absolute Gasteiger partial charge is 0.575 e. The summed E-state index contributed by atoms with van der Waals surface area (Å²) in [5.74, 6) is -0.106. The molecule has 0 amide bonds. The minimum Gasteiger partial charge on any atom is -0.575 e. The van der Waals surface area contributed by atoms with Gasteiger partial charge >= 0.3 is 19.8 Å². The highest BCUT2D eigenvalue weighted by molar-refractivity contribution is 7.34. The van der Waals surface area contributed by atoms with Gasteiger partial charge < -0.3 is 29.9 Å². The molecule has 1 spiro atoms. The first kappa shape index (κ1) is 28.7. The van der Waals surface area contributed by atoms with Gasteiger partial charge in [-0.1, -0.05) is 47.2 Å². The van der Waals surface area contributed by atoms with Gasteiger partial charge in [-0.2, -0.15) is 4.98 Å². The molecule has 3 N–H and O–H groups in total. The Kier molecular flexibility index (Phi) is 8.65. The molecule has 2 aliphatic rings. The third kappa shape index (κ3) is 6.41. The van der Waals surface area contributed by atoms with Crippen LogP contribution in [-0.4, -0.2) is 52.1 Å². The summed E-state index contributed by atoms with van der Waals surface area (Å²) in [5, 5.41) is 11.1. The predicted octanol–water partition coefficient (Wildman–Crippen LogP) is 2.35. The summed E-state index contributed by atoms with van der Waals surface area (Å²) < 4.78 is 28.2. The van der Waals surface area contributed by atoms with E-state index in [1.54, 1.807) is 31.2 Å². The minimum atomic E-state index is -2.67. The Balaban J connectivity index is 1.28. The number of nitrogen functional groups attached to an aromatic ring is 1. The van der Waals surface area contributed by atoms with E-state index in [0.29, 0.717) is 12.8 Å². The number of carbonyl (C=O) groups is 1. The van der Waals surface area contributed by atoms with E-state index in [-0.39, 0.29) is 37.0 Å². The van der Waals surface area contributed by atoms with Crippen molar-refractivity contribution in [3.63, 3.8) is 0 Å². The number of anilines is 1. The zero-order valence-corrected chi connectivity index (χ0v) is 23.3. The maximum atomic E-state index is 12.9. The van der Waals surface area contributed by atoms with Crippen molar-refractivity contribution in [2.75, 3.05) is 18.9 Å². The molecule has 1 aliphatic heterocycles. The number of rotatable bonds is 11. The maximum absolute atomic E-state index is 12.9. The van der Waals surface area contributed by atoms with Gasteiger partial charge in [0.2, 0.25) is 5.75 Å². The van der Waals surface area contributed by atoms with Crippen LogP contribution in [-0.2, 0) is 20.7 Å². The highest BCUT2D eigenvalue weighted by atomic mass is 31.1. The fraction of sp³-hybridized carbons (Fsp3) is 0.393. The van der Waals surface area contributed by atoms with E-state index in [9.17, 15) is 19.6 Å². The first-order valence-corrected chi connectivity index (χ1v) is 14.4. The van der Waals surface area contributed by atoms with Crippen molar-refractivity contribution >= 4 is 20.0 Å². The van der Waals surface area contributed by atoms with Crippen LogP contribution in [0.25, 0.3) is 0 Å². The SMILES string of the molecule is CCOC(=O)[C@H](Cc1ccccc1)N=[P+]([O-])Oc1ccccc1OC[C@H]1O[C@@H](n2ccc(N)nc2=O)C2(CC2)[C@@H]1O. The number of aromatic nitrogens is 2. The number of aliphatic hydroxyl groups is 1. The second-order valence-corrected chi connectivity index (χ2v) is 10.8. The second kappa shape index (κ2) is 12.4. The smallest absolute Gasteiger partial charge is 0.395 e. The van der Waals surface area contributed by atoms with Crippen molar-refractivity contribution < 1.29 is 33.5 Å². The van der Waals surface area contributed by atoms with E-state index >= 15 is 0 Å². The highest BCUT2D eigenvalue weighted by Gasteiger charge is 2.64. The number of hydrogen-bond donors (Lipinski definition) is 2. The summed E-state index contributed by atoms with van der Waals surface area (Å²) in [5.41, 5.74) is 5.27. The zero-order valence-electron chi connectivity index (χ0n) is 22.4. The Labute approximate surface area is 237 Å². The topological polar surface area (TPSA) is 171 Å². The lowest BCUT2D eigenvalue weighted by molar-refractivity contribution is -0.169. The molecule has 41 heavy (non-hydrogen) atoms. The first-order chi connectivity index (χ1) is 19.8. The molecule has 216 valence electrons. The number of para-hydroxylation sites is 2. The van der Waals surface area contributed by atoms with Crippen LogP contribution in [0.1, 0.15) is 31.6 Å². The van der Waals surface area contributed by atoms with Crippen molar-refractivity contribution in [1.82, 2.24) is 9.55 Å². The van der Waals surface area contributed by atoms with Crippen LogP contribution >= 0.6 is 8.17 Å². The van der Waals surface area contributed by atoms with Crippen LogP contribution in [0, 0.1) is 5.41 Å². The average molecular weight is 583 g/mol. The van der Waals surface area contributed by atoms with Crippen LogP contribution in [0.15, 0.2) is 76.4 Å². The number of carbonyl (C=O) groups excluding carboxylic acids is 1. The molecular weight excluding hydrogens is 551 g/mol. The van der Waals surface area contributed by atoms with Crippen molar-refractivity contribution in [3.8, 4) is 11.5 Å². The normalized spacial score (nSPS) is 21.8. The van der Waals surface area contributed by atoms with E-state index < -0.39 is 49.7 Å². The Morgan fingerprint density at radius 1 is 1.22 bits per heavy atom. The van der Waals surface area contributed by atoms with Crippen LogP contribution in [0.3, 0.4) is 0 Å². The van der Waals surface area contributed by atoms with E-state index in [4.69, 9.17) is 24.5 Å². The molecule has 13 heteroatoms. The summed E-state index contributed by atoms with van der Waals surface area (Å²) in [6.07, 6.45) is 0.718. The Hall–Kier alpha value is -3.83. The number of nitrogens with two attached hydrogens (primary N) is 1. The molecule has 3 aromatic rings. The van der Waals surface area contributed by atoms with E-state index in [1.807, 2.05) is 30.3 Å². The van der Waals surface area contributed by atoms with Gasteiger partial charge in [0.1, 0.15) is 24.8 Å². The lowest BCUT2D eigenvalue weighted by Crippen LogP contribution is -2.34. The third-order valence-corrected chi connectivity index (χ3v) is 7.98. The Bertz CT molecular complexity index is 1460. The van der Waals surface area contributed by atoms with Gasteiger partial charge in [0.05, 0.1) is 12.7 Å². The lowest BCUT2D eigenvalue weighted by Gasteiger charge is -2.20. The molecule has 1 saturated carbocycles. The van der Waals surface area contributed by atoms with Crippen molar-refractivity contribution in [2.45, 2.75) is 50.7 Å². The molecule has 1 aliphatic carbocycles.